The Labute approximate surface area is 77.4 Å². The standard InChI is InChI=1S/C9H13N3O/c1-9(2,3)8(13)11-7-5-4-6-10-12-7/h4-6H,1-3H3,(H,11,12,13). The average molecular weight is 179 g/mol. The minimum Gasteiger partial charge on any atom is -0.309 e. The Morgan fingerprint density at radius 1 is 1.46 bits per heavy atom. The van der Waals surface area contributed by atoms with Crippen LogP contribution in [0, 0.1) is 5.41 Å². The van der Waals surface area contributed by atoms with Gasteiger partial charge in [0.1, 0.15) is 0 Å². The molecule has 0 aromatic carbocycles. The van der Waals surface area contributed by atoms with Gasteiger partial charge in [-0.3, -0.25) is 4.79 Å². The fourth-order valence-corrected chi connectivity index (χ4v) is 0.672. The number of amides is 1. The van der Waals surface area contributed by atoms with Crippen LogP contribution in [0.3, 0.4) is 0 Å². The van der Waals surface area contributed by atoms with E-state index in [-0.39, 0.29) is 5.91 Å². The van der Waals surface area contributed by atoms with Gasteiger partial charge in [0.15, 0.2) is 5.82 Å². The SMILES string of the molecule is CC(C)(C)C(=O)Nc1cccnn1. The second kappa shape index (κ2) is 3.51. The molecule has 1 aromatic heterocycles. The van der Waals surface area contributed by atoms with Crippen LogP contribution >= 0.6 is 0 Å². The molecule has 0 saturated carbocycles. The molecule has 1 heterocycles. The monoisotopic (exact) mass is 179 g/mol. The number of aromatic nitrogens is 2. The largest absolute Gasteiger partial charge is 0.309 e. The van der Waals surface area contributed by atoms with E-state index < -0.39 is 5.41 Å². The smallest absolute Gasteiger partial charge is 0.230 e. The molecule has 1 N–H and O–H groups in total. The van der Waals surface area contributed by atoms with Gasteiger partial charge in [0, 0.05) is 11.6 Å². The average Bonchev–Trinajstić information content (AvgIpc) is 2.04. The summed E-state index contributed by atoms with van der Waals surface area (Å²) in [6, 6.07) is 3.43. The Kier molecular flexibility index (Phi) is 2.60. The Bertz CT molecular complexity index is 289. The van der Waals surface area contributed by atoms with Crippen LogP contribution in [0.25, 0.3) is 0 Å². The highest BCUT2D eigenvalue weighted by atomic mass is 16.2. The number of hydrogen-bond acceptors (Lipinski definition) is 3. The van der Waals surface area contributed by atoms with Crippen molar-refractivity contribution in [3.05, 3.63) is 18.3 Å². The van der Waals surface area contributed by atoms with Gasteiger partial charge in [0.05, 0.1) is 0 Å². The Hall–Kier alpha value is -1.45. The third-order valence-corrected chi connectivity index (χ3v) is 1.50. The molecule has 1 amide bonds. The number of carbonyl (C=O) groups is 1. The van der Waals surface area contributed by atoms with Crippen LogP contribution in [0.5, 0.6) is 0 Å². The molecule has 0 saturated heterocycles. The molecule has 4 heteroatoms. The van der Waals surface area contributed by atoms with Crippen molar-refractivity contribution in [1.29, 1.82) is 0 Å². The molecule has 1 aromatic rings. The van der Waals surface area contributed by atoms with E-state index in [1.165, 1.54) is 0 Å². The van der Waals surface area contributed by atoms with Gasteiger partial charge < -0.3 is 5.32 Å². The first-order valence-corrected chi connectivity index (χ1v) is 4.09. The summed E-state index contributed by atoms with van der Waals surface area (Å²) in [6.45, 7) is 5.54. The number of carbonyl (C=O) groups excluding carboxylic acids is 1. The van der Waals surface area contributed by atoms with Crippen LogP contribution in [0.15, 0.2) is 18.3 Å². The van der Waals surface area contributed by atoms with E-state index in [9.17, 15) is 4.79 Å². The Morgan fingerprint density at radius 3 is 2.62 bits per heavy atom. The van der Waals surface area contributed by atoms with Crippen molar-refractivity contribution in [2.45, 2.75) is 20.8 Å². The van der Waals surface area contributed by atoms with Crippen LogP contribution in [0.2, 0.25) is 0 Å². The first-order valence-electron chi connectivity index (χ1n) is 4.09. The molecular formula is C9H13N3O. The summed E-state index contributed by atoms with van der Waals surface area (Å²) in [5.74, 6) is 0.426. The summed E-state index contributed by atoms with van der Waals surface area (Å²) < 4.78 is 0. The highest BCUT2D eigenvalue weighted by Gasteiger charge is 2.21. The lowest BCUT2D eigenvalue weighted by Crippen LogP contribution is -2.28. The van der Waals surface area contributed by atoms with Crippen molar-refractivity contribution in [1.82, 2.24) is 10.2 Å². The molecule has 0 bridgehead atoms. The van der Waals surface area contributed by atoms with E-state index >= 15 is 0 Å². The summed E-state index contributed by atoms with van der Waals surface area (Å²) in [4.78, 5) is 11.5. The minimum atomic E-state index is -0.405. The normalized spacial score (nSPS) is 11.0. The first-order chi connectivity index (χ1) is 6.00. The molecule has 70 valence electrons. The quantitative estimate of drug-likeness (QED) is 0.710. The molecule has 0 unspecified atom stereocenters. The van der Waals surface area contributed by atoms with E-state index in [1.807, 2.05) is 20.8 Å². The summed E-state index contributed by atoms with van der Waals surface area (Å²) in [7, 11) is 0. The summed E-state index contributed by atoms with van der Waals surface area (Å²) in [6.07, 6.45) is 1.56. The highest BCUT2D eigenvalue weighted by Crippen LogP contribution is 2.15. The zero-order valence-electron chi connectivity index (χ0n) is 8.03. The van der Waals surface area contributed by atoms with Crippen molar-refractivity contribution in [2.24, 2.45) is 5.41 Å². The van der Waals surface area contributed by atoms with E-state index in [4.69, 9.17) is 0 Å². The van der Waals surface area contributed by atoms with E-state index in [2.05, 4.69) is 15.5 Å². The molecule has 1 rings (SSSR count). The molecule has 4 nitrogen and oxygen atoms in total. The van der Waals surface area contributed by atoms with E-state index in [1.54, 1.807) is 18.3 Å². The van der Waals surface area contributed by atoms with Crippen molar-refractivity contribution < 1.29 is 4.79 Å². The lowest BCUT2D eigenvalue weighted by molar-refractivity contribution is -0.123. The van der Waals surface area contributed by atoms with Gasteiger partial charge in [-0.05, 0) is 12.1 Å². The second-order valence-corrected chi connectivity index (χ2v) is 3.81. The van der Waals surface area contributed by atoms with E-state index in [0.717, 1.165) is 0 Å². The van der Waals surface area contributed by atoms with Crippen molar-refractivity contribution in [3.8, 4) is 0 Å². The first kappa shape index (κ1) is 9.64. The van der Waals surface area contributed by atoms with Crippen molar-refractivity contribution in [3.63, 3.8) is 0 Å². The summed E-state index contributed by atoms with van der Waals surface area (Å²) in [5.41, 5.74) is -0.405. The molecule has 0 aliphatic rings. The molecular weight excluding hydrogens is 166 g/mol. The van der Waals surface area contributed by atoms with Gasteiger partial charge >= 0.3 is 0 Å². The van der Waals surface area contributed by atoms with Crippen LogP contribution < -0.4 is 5.32 Å². The molecule has 0 aliphatic heterocycles. The third-order valence-electron chi connectivity index (χ3n) is 1.50. The molecule has 0 radical (unpaired) electrons. The van der Waals surface area contributed by atoms with Crippen LogP contribution in [0.1, 0.15) is 20.8 Å². The zero-order chi connectivity index (χ0) is 9.90. The van der Waals surface area contributed by atoms with E-state index in [0.29, 0.717) is 5.82 Å². The van der Waals surface area contributed by atoms with Crippen molar-refractivity contribution >= 4 is 11.7 Å². The Morgan fingerprint density at radius 2 is 2.15 bits per heavy atom. The zero-order valence-corrected chi connectivity index (χ0v) is 8.03. The van der Waals surface area contributed by atoms with Gasteiger partial charge in [0.25, 0.3) is 0 Å². The second-order valence-electron chi connectivity index (χ2n) is 3.81. The summed E-state index contributed by atoms with van der Waals surface area (Å²) >= 11 is 0. The predicted octanol–water partition coefficient (Wildman–Crippen LogP) is 1.46. The van der Waals surface area contributed by atoms with Crippen LogP contribution in [-0.4, -0.2) is 16.1 Å². The molecule has 0 fully saturated rings. The minimum absolute atomic E-state index is 0.0620. The van der Waals surface area contributed by atoms with Gasteiger partial charge in [0.2, 0.25) is 5.91 Å². The number of anilines is 1. The van der Waals surface area contributed by atoms with Gasteiger partial charge in [-0.1, -0.05) is 20.8 Å². The number of hydrogen-bond donors (Lipinski definition) is 1. The maximum atomic E-state index is 11.5. The number of nitrogens with zero attached hydrogens (tertiary/aromatic N) is 2. The lowest BCUT2D eigenvalue weighted by atomic mass is 9.96. The maximum Gasteiger partial charge on any atom is 0.230 e. The molecule has 13 heavy (non-hydrogen) atoms. The fourth-order valence-electron chi connectivity index (χ4n) is 0.672. The topological polar surface area (TPSA) is 54.9 Å². The van der Waals surface area contributed by atoms with Crippen molar-refractivity contribution in [2.75, 3.05) is 5.32 Å². The summed E-state index contributed by atoms with van der Waals surface area (Å²) in [5, 5.41) is 10.1. The third kappa shape index (κ3) is 2.82. The van der Waals surface area contributed by atoms with Crippen LogP contribution in [-0.2, 0) is 4.79 Å². The molecule has 0 atom stereocenters. The lowest BCUT2D eigenvalue weighted by Gasteiger charge is -2.16. The molecule has 0 aliphatic carbocycles. The maximum absolute atomic E-state index is 11.5. The van der Waals surface area contributed by atoms with Gasteiger partial charge in [-0.15, -0.1) is 5.10 Å². The van der Waals surface area contributed by atoms with Gasteiger partial charge in [-0.25, -0.2) is 0 Å². The highest BCUT2D eigenvalue weighted by molar-refractivity contribution is 5.93. The number of nitrogens with one attached hydrogen (secondary N) is 1. The van der Waals surface area contributed by atoms with Crippen LogP contribution in [0.4, 0.5) is 5.82 Å². The molecule has 0 spiro atoms. The predicted molar refractivity (Wildman–Crippen MR) is 50.1 cm³/mol. The fraction of sp³-hybridized carbons (Fsp3) is 0.444. The van der Waals surface area contributed by atoms with Gasteiger partial charge in [-0.2, -0.15) is 5.10 Å². The number of rotatable bonds is 1. The Balaban J connectivity index is 2.66.